The molecule has 0 radical (unpaired) electrons. The summed E-state index contributed by atoms with van der Waals surface area (Å²) in [6, 6.07) is 12.8. The standard InChI is InChI=1S/C23H28N2O5S/c1-17(2)16-30-23(27)19-6-5-7-20(14-19)24-15-22(26)18-8-10-21(11-9-18)31(28,29)25-12-3-4-13-25/h5-11,14,17,24H,3-4,12-13,15-16H2,1-2H3. The minimum Gasteiger partial charge on any atom is -0.462 e. The average molecular weight is 445 g/mol. The number of carbonyl (C=O) groups is 2. The molecule has 0 aromatic heterocycles. The van der Waals surface area contributed by atoms with Crippen molar-refractivity contribution in [2.24, 2.45) is 5.92 Å². The van der Waals surface area contributed by atoms with Crippen LogP contribution >= 0.6 is 0 Å². The Morgan fingerprint density at radius 3 is 2.35 bits per heavy atom. The Balaban J connectivity index is 1.60. The number of rotatable bonds is 9. The molecule has 8 heteroatoms. The topological polar surface area (TPSA) is 92.8 Å². The second-order valence-corrected chi connectivity index (χ2v) is 9.92. The van der Waals surface area contributed by atoms with Gasteiger partial charge in [0.15, 0.2) is 5.78 Å². The van der Waals surface area contributed by atoms with Crippen LogP contribution in [0.3, 0.4) is 0 Å². The molecule has 0 atom stereocenters. The number of ether oxygens (including phenoxy) is 1. The maximum absolute atomic E-state index is 12.6. The van der Waals surface area contributed by atoms with Crippen LogP contribution in [0.2, 0.25) is 0 Å². The highest BCUT2D eigenvalue weighted by atomic mass is 32.2. The number of carbonyl (C=O) groups excluding carboxylic acids is 2. The van der Waals surface area contributed by atoms with Gasteiger partial charge in [0.05, 0.1) is 23.6 Å². The van der Waals surface area contributed by atoms with Gasteiger partial charge in [-0.1, -0.05) is 19.9 Å². The molecular formula is C23H28N2O5S. The van der Waals surface area contributed by atoms with Crippen molar-refractivity contribution in [2.75, 3.05) is 31.6 Å². The van der Waals surface area contributed by atoms with E-state index in [1.165, 1.54) is 28.6 Å². The molecule has 3 rings (SSSR count). The van der Waals surface area contributed by atoms with Crippen LogP contribution < -0.4 is 5.32 Å². The molecule has 7 nitrogen and oxygen atoms in total. The van der Waals surface area contributed by atoms with E-state index < -0.39 is 16.0 Å². The van der Waals surface area contributed by atoms with Gasteiger partial charge in [-0.25, -0.2) is 13.2 Å². The predicted molar refractivity (Wildman–Crippen MR) is 119 cm³/mol. The van der Waals surface area contributed by atoms with Crippen LogP contribution in [0.15, 0.2) is 53.4 Å². The second kappa shape index (κ2) is 10.1. The van der Waals surface area contributed by atoms with Gasteiger partial charge in [0.25, 0.3) is 0 Å². The molecule has 1 fully saturated rings. The molecule has 166 valence electrons. The average Bonchev–Trinajstić information content (AvgIpc) is 3.32. The first-order valence-electron chi connectivity index (χ1n) is 10.4. The summed E-state index contributed by atoms with van der Waals surface area (Å²) in [4.78, 5) is 24.8. The first-order valence-corrected chi connectivity index (χ1v) is 11.9. The molecule has 0 spiro atoms. The third-order valence-electron chi connectivity index (χ3n) is 4.98. The Hall–Kier alpha value is -2.71. The Kier molecular flexibility index (Phi) is 7.46. The van der Waals surface area contributed by atoms with E-state index in [-0.39, 0.29) is 23.1 Å². The summed E-state index contributed by atoms with van der Waals surface area (Å²) >= 11 is 0. The molecule has 1 N–H and O–H groups in total. The first kappa shape index (κ1) is 23.0. The number of Topliss-reactive ketones (excluding diaryl/α,β-unsaturated/α-hetero) is 1. The third-order valence-corrected chi connectivity index (χ3v) is 6.89. The van der Waals surface area contributed by atoms with E-state index in [1.54, 1.807) is 24.3 Å². The number of hydrogen-bond acceptors (Lipinski definition) is 6. The van der Waals surface area contributed by atoms with Crippen molar-refractivity contribution in [1.29, 1.82) is 0 Å². The maximum Gasteiger partial charge on any atom is 0.338 e. The van der Waals surface area contributed by atoms with Crippen LogP contribution in [-0.2, 0) is 14.8 Å². The quantitative estimate of drug-likeness (QED) is 0.469. The third kappa shape index (κ3) is 5.92. The van der Waals surface area contributed by atoms with Crippen molar-refractivity contribution in [3.63, 3.8) is 0 Å². The van der Waals surface area contributed by atoms with Crippen LogP contribution in [0.25, 0.3) is 0 Å². The summed E-state index contributed by atoms with van der Waals surface area (Å²) in [5, 5.41) is 3.01. The lowest BCUT2D eigenvalue weighted by Crippen LogP contribution is -2.27. The van der Waals surface area contributed by atoms with Gasteiger partial charge in [-0.05, 0) is 61.2 Å². The van der Waals surface area contributed by atoms with Crippen molar-refractivity contribution in [1.82, 2.24) is 4.31 Å². The summed E-state index contributed by atoms with van der Waals surface area (Å²) in [5.41, 5.74) is 1.45. The fraction of sp³-hybridized carbons (Fsp3) is 0.391. The highest BCUT2D eigenvalue weighted by molar-refractivity contribution is 7.89. The van der Waals surface area contributed by atoms with Gasteiger partial charge in [-0.3, -0.25) is 4.79 Å². The smallest absolute Gasteiger partial charge is 0.338 e. The van der Waals surface area contributed by atoms with E-state index in [2.05, 4.69) is 5.32 Å². The van der Waals surface area contributed by atoms with E-state index >= 15 is 0 Å². The van der Waals surface area contributed by atoms with Gasteiger partial charge < -0.3 is 10.1 Å². The first-order chi connectivity index (χ1) is 14.8. The molecule has 31 heavy (non-hydrogen) atoms. The van der Waals surface area contributed by atoms with Crippen LogP contribution in [0.1, 0.15) is 47.4 Å². The number of benzene rings is 2. The maximum atomic E-state index is 12.6. The minimum atomic E-state index is -3.50. The normalized spacial score (nSPS) is 14.5. The fourth-order valence-corrected chi connectivity index (χ4v) is 4.77. The number of anilines is 1. The lowest BCUT2D eigenvalue weighted by atomic mass is 10.1. The Labute approximate surface area is 183 Å². The number of esters is 1. The zero-order valence-electron chi connectivity index (χ0n) is 17.8. The molecule has 0 bridgehead atoms. The largest absolute Gasteiger partial charge is 0.462 e. The molecule has 0 unspecified atom stereocenters. The van der Waals surface area contributed by atoms with Crippen molar-refractivity contribution in [3.8, 4) is 0 Å². The fourth-order valence-electron chi connectivity index (χ4n) is 3.26. The number of nitrogens with one attached hydrogen (secondary N) is 1. The van der Waals surface area contributed by atoms with Crippen molar-refractivity contribution < 1.29 is 22.7 Å². The van der Waals surface area contributed by atoms with E-state index in [0.29, 0.717) is 36.5 Å². The summed E-state index contributed by atoms with van der Waals surface area (Å²) in [6.07, 6.45) is 1.75. The second-order valence-electron chi connectivity index (χ2n) is 7.99. The molecule has 1 aliphatic heterocycles. The van der Waals surface area contributed by atoms with E-state index in [9.17, 15) is 18.0 Å². The predicted octanol–water partition coefficient (Wildman–Crippen LogP) is 3.58. The van der Waals surface area contributed by atoms with Crippen molar-refractivity contribution in [2.45, 2.75) is 31.6 Å². The van der Waals surface area contributed by atoms with Crippen LogP contribution in [0, 0.1) is 5.92 Å². The van der Waals surface area contributed by atoms with Crippen LogP contribution in [-0.4, -0.2) is 50.7 Å². The van der Waals surface area contributed by atoms with E-state index in [0.717, 1.165) is 12.8 Å². The SMILES string of the molecule is CC(C)COC(=O)c1cccc(NCC(=O)c2ccc(S(=O)(=O)N3CCCC3)cc2)c1. The summed E-state index contributed by atoms with van der Waals surface area (Å²) in [7, 11) is -3.50. The molecule has 0 aliphatic carbocycles. The molecule has 1 heterocycles. The summed E-state index contributed by atoms with van der Waals surface area (Å²) < 4.78 is 31.9. The number of sulfonamides is 1. The highest BCUT2D eigenvalue weighted by Crippen LogP contribution is 2.21. The van der Waals surface area contributed by atoms with Crippen molar-refractivity contribution >= 4 is 27.5 Å². The van der Waals surface area contributed by atoms with Gasteiger partial charge in [-0.15, -0.1) is 0 Å². The Morgan fingerprint density at radius 2 is 1.71 bits per heavy atom. The minimum absolute atomic E-state index is 0.0166. The van der Waals surface area contributed by atoms with Gasteiger partial charge in [0.2, 0.25) is 10.0 Å². The molecular weight excluding hydrogens is 416 g/mol. The van der Waals surface area contributed by atoms with Gasteiger partial charge in [-0.2, -0.15) is 4.31 Å². The zero-order chi connectivity index (χ0) is 22.4. The highest BCUT2D eigenvalue weighted by Gasteiger charge is 2.27. The number of nitrogens with zero attached hydrogens (tertiary/aromatic N) is 1. The van der Waals surface area contributed by atoms with Crippen LogP contribution in [0.4, 0.5) is 5.69 Å². The molecule has 1 aliphatic rings. The van der Waals surface area contributed by atoms with Gasteiger partial charge >= 0.3 is 5.97 Å². The Bertz CT molecular complexity index is 1030. The van der Waals surface area contributed by atoms with E-state index in [1.807, 2.05) is 13.8 Å². The lowest BCUT2D eigenvalue weighted by Gasteiger charge is -2.15. The zero-order valence-corrected chi connectivity index (χ0v) is 18.7. The molecule has 0 saturated carbocycles. The van der Waals surface area contributed by atoms with Gasteiger partial charge in [0, 0.05) is 24.3 Å². The lowest BCUT2D eigenvalue weighted by molar-refractivity contribution is 0.0459. The van der Waals surface area contributed by atoms with Crippen molar-refractivity contribution in [3.05, 3.63) is 59.7 Å². The Morgan fingerprint density at radius 1 is 1.03 bits per heavy atom. The number of ketones is 1. The molecule has 1 saturated heterocycles. The molecule has 2 aromatic carbocycles. The summed E-state index contributed by atoms with van der Waals surface area (Å²) in [6.45, 7) is 5.37. The number of hydrogen-bond donors (Lipinski definition) is 1. The van der Waals surface area contributed by atoms with Crippen LogP contribution in [0.5, 0.6) is 0 Å². The monoisotopic (exact) mass is 444 g/mol. The summed E-state index contributed by atoms with van der Waals surface area (Å²) in [5.74, 6) is -0.337. The molecule has 0 amide bonds. The van der Waals surface area contributed by atoms with E-state index in [4.69, 9.17) is 4.74 Å². The van der Waals surface area contributed by atoms with Gasteiger partial charge in [0.1, 0.15) is 0 Å². The molecule has 2 aromatic rings.